The van der Waals surface area contributed by atoms with Crippen molar-refractivity contribution in [3.05, 3.63) is 188 Å². The largest absolute Gasteiger partial charge is 0.256 e. The Labute approximate surface area is 302 Å². The van der Waals surface area contributed by atoms with E-state index >= 15 is 0 Å². The van der Waals surface area contributed by atoms with Gasteiger partial charge in [0.2, 0.25) is 0 Å². The molecular formula is C47H31N5. The predicted octanol–water partition coefficient (Wildman–Crippen LogP) is 11.5. The lowest BCUT2D eigenvalue weighted by Gasteiger charge is -2.15. The Kier molecular flexibility index (Phi) is 8.12. The molecule has 0 saturated carbocycles. The highest BCUT2D eigenvalue weighted by Gasteiger charge is 2.16. The highest BCUT2D eigenvalue weighted by Crippen LogP contribution is 2.38. The van der Waals surface area contributed by atoms with Crippen LogP contribution in [0.15, 0.2) is 188 Å². The molecule has 6 aromatic carbocycles. The molecule has 9 aromatic rings. The van der Waals surface area contributed by atoms with Gasteiger partial charge in [0.25, 0.3) is 0 Å². The van der Waals surface area contributed by atoms with Crippen LogP contribution in [-0.2, 0) is 0 Å². The summed E-state index contributed by atoms with van der Waals surface area (Å²) in [6.07, 6.45) is 3.67. The van der Waals surface area contributed by atoms with Crippen molar-refractivity contribution in [3.8, 4) is 78.8 Å². The van der Waals surface area contributed by atoms with Gasteiger partial charge in [-0.05, 0) is 75.8 Å². The van der Waals surface area contributed by atoms with E-state index in [-0.39, 0.29) is 0 Å². The lowest BCUT2D eigenvalue weighted by molar-refractivity contribution is 1.07. The van der Waals surface area contributed by atoms with Crippen LogP contribution in [0, 0.1) is 0 Å². The van der Waals surface area contributed by atoms with Crippen molar-refractivity contribution in [1.29, 1.82) is 0 Å². The Morgan fingerprint density at radius 2 is 0.827 bits per heavy atom. The Morgan fingerprint density at radius 1 is 0.288 bits per heavy atom. The van der Waals surface area contributed by atoms with Gasteiger partial charge in [0, 0.05) is 40.0 Å². The lowest BCUT2D eigenvalue weighted by atomic mass is 9.90. The van der Waals surface area contributed by atoms with Gasteiger partial charge in [-0.3, -0.25) is 9.97 Å². The molecule has 0 atom stereocenters. The number of nitrogens with zero attached hydrogens (tertiary/aromatic N) is 5. The number of hydrogen-bond donors (Lipinski definition) is 0. The molecule has 0 aliphatic rings. The van der Waals surface area contributed by atoms with E-state index in [1.807, 2.05) is 97.3 Å². The fourth-order valence-corrected chi connectivity index (χ4v) is 6.60. The Morgan fingerprint density at radius 3 is 1.50 bits per heavy atom. The topological polar surface area (TPSA) is 64.5 Å². The summed E-state index contributed by atoms with van der Waals surface area (Å²) in [5.74, 6) is 1.86. The third-order valence-electron chi connectivity index (χ3n) is 9.22. The molecule has 0 aliphatic heterocycles. The number of hydrogen-bond acceptors (Lipinski definition) is 5. The van der Waals surface area contributed by atoms with Crippen LogP contribution in [0.1, 0.15) is 0 Å². The molecule has 52 heavy (non-hydrogen) atoms. The third kappa shape index (κ3) is 6.23. The van der Waals surface area contributed by atoms with Crippen molar-refractivity contribution in [1.82, 2.24) is 24.9 Å². The van der Waals surface area contributed by atoms with Gasteiger partial charge in [-0.15, -0.1) is 0 Å². The Balaban J connectivity index is 1.24. The number of pyridine rings is 2. The molecule has 0 spiro atoms. The zero-order chi connectivity index (χ0) is 34.7. The van der Waals surface area contributed by atoms with E-state index in [1.54, 1.807) is 0 Å². The fraction of sp³-hybridized carbons (Fsp3) is 0. The highest BCUT2D eigenvalue weighted by atomic mass is 15.0. The van der Waals surface area contributed by atoms with Gasteiger partial charge in [0.05, 0.1) is 11.2 Å². The van der Waals surface area contributed by atoms with Crippen LogP contribution in [0.3, 0.4) is 0 Å². The number of benzene rings is 6. The van der Waals surface area contributed by atoms with Crippen molar-refractivity contribution in [2.45, 2.75) is 0 Å². The zero-order valence-electron chi connectivity index (χ0n) is 28.1. The second-order valence-electron chi connectivity index (χ2n) is 12.6. The molecule has 3 aromatic heterocycles. The maximum Gasteiger partial charge on any atom is 0.164 e. The summed E-state index contributed by atoms with van der Waals surface area (Å²) >= 11 is 0. The third-order valence-corrected chi connectivity index (χ3v) is 9.22. The first-order valence-corrected chi connectivity index (χ1v) is 17.2. The first-order valence-electron chi connectivity index (χ1n) is 17.2. The molecular weight excluding hydrogens is 635 g/mol. The van der Waals surface area contributed by atoms with Crippen molar-refractivity contribution in [3.63, 3.8) is 0 Å². The van der Waals surface area contributed by atoms with E-state index in [2.05, 4.69) is 101 Å². The van der Waals surface area contributed by atoms with Crippen molar-refractivity contribution < 1.29 is 0 Å². The standard InChI is InChI=1S/C47H31N5/c1-3-12-35(13-4-1)45-50-46(36-14-5-2-6-15-36)52-47(51-45)40-29-38(32-20-22-34(23-21-32)43-19-9-10-26-48-43)28-39(30-40)42-18-8-7-17-41(42)37-25-24-33-16-11-27-49-44(33)31-37/h1-31H. The Bertz CT molecular complexity index is 2600. The minimum Gasteiger partial charge on any atom is -0.256 e. The number of aromatic nitrogens is 5. The molecule has 0 aliphatic carbocycles. The van der Waals surface area contributed by atoms with Crippen LogP contribution in [0.5, 0.6) is 0 Å². The minimum atomic E-state index is 0.605. The SMILES string of the molecule is c1ccc(-c2nc(-c3ccccc3)nc(-c3cc(-c4ccc(-c5ccccn5)cc4)cc(-c4ccccc4-c4ccc5cccnc5c4)c3)n2)cc1. The second-order valence-corrected chi connectivity index (χ2v) is 12.6. The Hall–Kier alpha value is -7.11. The van der Waals surface area contributed by atoms with E-state index in [4.69, 9.17) is 15.0 Å². The lowest BCUT2D eigenvalue weighted by Crippen LogP contribution is -2.00. The van der Waals surface area contributed by atoms with Crippen LogP contribution in [0.25, 0.3) is 89.7 Å². The second kappa shape index (κ2) is 13.7. The molecule has 9 rings (SSSR count). The summed E-state index contributed by atoms with van der Waals surface area (Å²) in [7, 11) is 0. The molecule has 5 heteroatoms. The molecule has 0 saturated heterocycles. The van der Waals surface area contributed by atoms with E-state index in [0.29, 0.717) is 17.5 Å². The average Bonchev–Trinajstić information content (AvgIpc) is 3.24. The number of fused-ring (bicyclic) bond motifs is 1. The van der Waals surface area contributed by atoms with E-state index in [9.17, 15) is 0 Å². The monoisotopic (exact) mass is 665 g/mol. The van der Waals surface area contributed by atoms with Gasteiger partial charge >= 0.3 is 0 Å². The summed E-state index contributed by atoms with van der Waals surface area (Å²) in [5.41, 5.74) is 12.2. The quantitative estimate of drug-likeness (QED) is 0.169. The maximum atomic E-state index is 5.10. The molecule has 5 nitrogen and oxygen atoms in total. The van der Waals surface area contributed by atoms with Crippen LogP contribution < -0.4 is 0 Å². The van der Waals surface area contributed by atoms with Gasteiger partial charge in [-0.1, -0.05) is 133 Å². The number of rotatable bonds is 7. The van der Waals surface area contributed by atoms with Gasteiger partial charge < -0.3 is 0 Å². The first kappa shape index (κ1) is 30.9. The van der Waals surface area contributed by atoms with Gasteiger partial charge in [-0.2, -0.15) is 0 Å². The molecule has 0 N–H and O–H groups in total. The van der Waals surface area contributed by atoms with E-state index in [0.717, 1.165) is 72.2 Å². The first-order chi connectivity index (χ1) is 25.7. The van der Waals surface area contributed by atoms with Gasteiger partial charge in [0.15, 0.2) is 17.5 Å². The molecule has 244 valence electrons. The molecule has 0 radical (unpaired) electrons. The normalized spacial score (nSPS) is 11.1. The summed E-state index contributed by atoms with van der Waals surface area (Å²) < 4.78 is 0. The molecule has 0 unspecified atom stereocenters. The van der Waals surface area contributed by atoms with Gasteiger partial charge in [-0.25, -0.2) is 15.0 Å². The highest BCUT2D eigenvalue weighted by molar-refractivity contribution is 5.91. The van der Waals surface area contributed by atoms with Crippen molar-refractivity contribution >= 4 is 10.9 Å². The van der Waals surface area contributed by atoms with Crippen LogP contribution in [-0.4, -0.2) is 24.9 Å². The van der Waals surface area contributed by atoms with Crippen LogP contribution >= 0.6 is 0 Å². The summed E-state index contributed by atoms with van der Waals surface area (Å²) in [6, 6.07) is 60.5. The van der Waals surface area contributed by atoms with Crippen molar-refractivity contribution in [2.75, 3.05) is 0 Å². The smallest absolute Gasteiger partial charge is 0.164 e. The fourth-order valence-electron chi connectivity index (χ4n) is 6.60. The van der Waals surface area contributed by atoms with E-state index in [1.165, 1.54) is 0 Å². The van der Waals surface area contributed by atoms with Gasteiger partial charge in [0.1, 0.15) is 0 Å². The summed E-state index contributed by atoms with van der Waals surface area (Å²) in [5, 5.41) is 1.11. The average molecular weight is 666 g/mol. The zero-order valence-corrected chi connectivity index (χ0v) is 28.1. The maximum absolute atomic E-state index is 5.10. The molecule has 3 heterocycles. The van der Waals surface area contributed by atoms with Crippen LogP contribution in [0.4, 0.5) is 0 Å². The molecule has 0 amide bonds. The summed E-state index contributed by atoms with van der Waals surface area (Å²) in [4.78, 5) is 24.3. The minimum absolute atomic E-state index is 0.605. The van der Waals surface area contributed by atoms with Crippen molar-refractivity contribution in [2.24, 2.45) is 0 Å². The summed E-state index contributed by atoms with van der Waals surface area (Å²) in [6.45, 7) is 0. The predicted molar refractivity (Wildman–Crippen MR) is 211 cm³/mol. The van der Waals surface area contributed by atoms with E-state index < -0.39 is 0 Å². The molecule has 0 fully saturated rings. The van der Waals surface area contributed by atoms with Crippen LogP contribution in [0.2, 0.25) is 0 Å². The molecule has 0 bridgehead atoms.